The Labute approximate surface area is 161 Å². The van der Waals surface area contributed by atoms with Crippen LogP contribution in [0.1, 0.15) is 18.4 Å². The molecule has 0 bridgehead atoms. The first-order valence-electron chi connectivity index (χ1n) is 9.99. The van der Waals surface area contributed by atoms with Crippen LogP contribution in [0.25, 0.3) is 0 Å². The Morgan fingerprint density at radius 1 is 1.15 bits per heavy atom. The van der Waals surface area contributed by atoms with E-state index in [4.69, 9.17) is 0 Å². The molecule has 1 aromatic carbocycles. The Morgan fingerprint density at radius 3 is 2.70 bits per heavy atom. The molecule has 4 rings (SSSR count). The largest absolute Gasteiger partial charge is 0.369 e. The number of rotatable bonds is 4. The molecule has 0 radical (unpaired) electrons. The molecule has 27 heavy (non-hydrogen) atoms. The number of hydrogen-bond donors (Lipinski definition) is 0. The lowest BCUT2D eigenvalue weighted by Crippen LogP contribution is -2.56. The predicted molar refractivity (Wildman–Crippen MR) is 107 cm³/mol. The number of piperazine rings is 1. The van der Waals surface area contributed by atoms with E-state index in [2.05, 4.69) is 46.0 Å². The van der Waals surface area contributed by atoms with Crippen molar-refractivity contribution in [1.29, 1.82) is 0 Å². The smallest absolute Gasteiger partial charge is 0.242 e. The zero-order valence-electron chi connectivity index (χ0n) is 16.1. The zero-order valence-corrected chi connectivity index (χ0v) is 16.1. The van der Waals surface area contributed by atoms with Gasteiger partial charge in [0.15, 0.2) is 0 Å². The molecule has 2 aromatic rings. The second-order valence-electron chi connectivity index (χ2n) is 7.68. The number of carbonyl (C=O) groups is 1. The molecule has 0 saturated carbocycles. The summed E-state index contributed by atoms with van der Waals surface area (Å²) in [5, 5.41) is 0. The van der Waals surface area contributed by atoms with Gasteiger partial charge in [-0.2, -0.15) is 0 Å². The van der Waals surface area contributed by atoms with Crippen molar-refractivity contribution in [2.75, 3.05) is 44.2 Å². The summed E-state index contributed by atoms with van der Waals surface area (Å²) in [5.74, 6) is 0.205. The number of nitrogens with zero attached hydrogens (tertiary/aromatic N) is 5. The third-order valence-electron chi connectivity index (χ3n) is 5.91. The fourth-order valence-electron chi connectivity index (χ4n) is 4.36. The lowest BCUT2D eigenvalue weighted by Gasteiger charge is -2.44. The second kappa shape index (κ2) is 8.13. The number of para-hydroxylation sites is 1. The van der Waals surface area contributed by atoms with Crippen molar-refractivity contribution in [2.24, 2.45) is 0 Å². The Kier molecular flexibility index (Phi) is 5.43. The van der Waals surface area contributed by atoms with E-state index in [1.165, 1.54) is 17.7 Å². The quantitative estimate of drug-likeness (QED) is 0.829. The molecule has 6 heteroatoms. The number of amides is 1. The van der Waals surface area contributed by atoms with E-state index in [1.54, 1.807) is 12.5 Å². The summed E-state index contributed by atoms with van der Waals surface area (Å²) in [7, 11) is 0. The van der Waals surface area contributed by atoms with Crippen LogP contribution in [0.3, 0.4) is 0 Å². The van der Waals surface area contributed by atoms with Crippen LogP contribution in [-0.2, 0) is 11.3 Å². The summed E-state index contributed by atoms with van der Waals surface area (Å²) in [6.45, 7) is 8.59. The third-order valence-corrected chi connectivity index (χ3v) is 5.91. The Morgan fingerprint density at radius 2 is 1.96 bits per heavy atom. The van der Waals surface area contributed by atoms with Crippen molar-refractivity contribution in [3.63, 3.8) is 0 Å². The van der Waals surface area contributed by atoms with Crippen LogP contribution >= 0.6 is 0 Å². The number of anilines is 1. The number of benzene rings is 1. The average Bonchev–Trinajstić information content (AvgIpc) is 3.22. The molecule has 144 valence electrons. The van der Waals surface area contributed by atoms with E-state index in [-0.39, 0.29) is 5.91 Å². The van der Waals surface area contributed by atoms with E-state index in [0.29, 0.717) is 12.6 Å². The number of imidazole rings is 1. The molecule has 6 nitrogen and oxygen atoms in total. The van der Waals surface area contributed by atoms with Gasteiger partial charge in [-0.3, -0.25) is 9.69 Å². The van der Waals surface area contributed by atoms with Gasteiger partial charge in [-0.05, 0) is 31.4 Å². The van der Waals surface area contributed by atoms with Crippen molar-refractivity contribution in [2.45, 2.75) is 32.4 Å². The highest BCUT2D eigenvalue weighted by molar-refractivity contribution is 5.76. The van der Waals surface area contributed by atoms with Crippen molar-refractivity contribution in [1.82, 2.24) is 19.4 Å². The van der Waals surface area contributed by atoms with Gasteiger partial charge in [0, 0.05) is 63.4 Å². The molecule has 2 aliphatic heterocycles. The van der Waals surface area contributed by atoms with Crippen LogP contribution < -0.4 is 4.90 Å². The van der Waals surface area contributed by atoms with Crippen LogP contribution in [0, 0.1) is 6.92 Å². The molecule has 0 unspecified atom stereocenters. The number of aromatic nitrogens is 2. The normalized spacial score (nSPS) is 21.4. The second-order valence-corrected chi connectivity index (χ2v) is 7.68. The highest BCUT2D eigenvalue weighted by Crippen LogP contribution is 2.23. The van der Waals surface area contributed by atoms with Crippen LogP contribution in [-0.4, -0.2) is 70.6 Å². The summed E-state index contributed by atoms with van der Waals surface area (Å²) >= 11 is 0. The average molecular weight is 367 g/mol. The molecule has 0 aliphatic carbocycles. The standard InChI is InChI=1S/C21H29N5O/c1-18-5-2-3-7-20(18)25-13-11-24(12-14-25)19-6-4-9-26(15-19)21(27)16-23-10-8-22-17-23/h2-3,5,7-8,10,17,19H,4,6,9,11-16H2,1H3/t19-/m0/s1. The van der Waals surface area contributed by atoms with Gasteiger partial charge in [-0.1, -0.05) is 18.2 Å². The van der Waals surface area contributed by atoms with Gasteiger partial charge < -0.3 is 14.4 Å². The first-order valence-corrected chi connectivity index (χ1v) is 9.99. The maximum atomic E-state index is 12.6. The van der Waals surface area contributed by atoms with E-state index in [1.807, 2.05) is 15.7 Å². The monoisotopic (exact) mass is 367 g/mol. The first-order chi connectivity index (χ1) is 13.2. The summed E-state index contributed by atoms with van der Waals surface area (Å²) in [4.78, 5) is 23.8. The highest BCUT2D eigenvalue weighted by Gasteiger charge is 2.30. The van der Waals surface area contributed by atoms with Crippen LogP contribution in [0.2, 0.25) is 0 Å². The summed E-state index contributed by atoms with van der Waals surface area (Å²) in [6, 6.07) is 9.13. The summed E-state index contributed by atoms with van der Waals surface area (Å²) in [6.07, 6.45) is 7.58. The van der Waals surface area contributed by atoms with Gasteiger partial charge in [0.2, 0.25) is 5.91 Å². The van der Waals surface area contributed by atoms with Crippen molar-refractivity contribution < 1.29 is 4.79 Å². The van der Waals surface area contributed by atoms with Gasteiger partial charge in [0.1, 0.15) is 6.54 Å². The Hall–Kier alpha value is -2.34. The molecular weight excluding hydrogens is 338 g/mol. The fraction of sp³-hybridized carbons (Fsp3) is 0.524. The number of aryl methyl sites for hydroxylation is 1. The summed E-state index contributed by atoms with van der Waals surface area (Å²) < 4.78 is 1.85. The van der Waals surface area contributed by atoms with Crippen LogP contribution in [0.4, 0.5) is 5.69 Å². The SMILES string of the molecule is Cc1ccccc1N1CCN([C@H]2CCCN(C(=O)Cn3ccnc3)C2)CC1. The van der Waals surface area contributed by atoms with Gasteiger partial charge >= 0.3 is 0 Å². The van der Waals surface area contributed by atoms with Gasteiger partial charge in [0.05, 0.1) is 6.33 Å². The minimum Gasteiger partial charge on any atom is -0.369 e. The Bertz CT molecular complexity index is 752. The maximum absolute atomic E-state index is 12.6. The highest BCUT2D eigenvalue weighted by atomic mass is 16.2. The Balaban J connectivity index is 1.32. The minimum absolute atomic E-state index is 0.205. The maximum Gasteiger partial charge on any atom is 0.242 e. The predicted octanol–water partition coefficient (Wildman–Crippen LogP) is 2.00. The van der Waals surface area contributed by atoms with Crippen molar-refractivity contribution in [3.05, 3.63) is 48.5 Å². The first kappa shape index (κ1) is 18.0. The zero-order chi connectivity index (χ0) is 18.6. The van der Waals surface area contributed by atoms with Crippen molar-refractivity contribution in [3.8, 4) is 0 Å². The molecule has 2 aliphatic rings. The number of likely N-dealkylation sites (tertiary alicyclic amines) is 1. The fourth-order valence-corrected chi connectivity index (χ4v) is 4.36. The molecule has 3 heterocycles. The topological polar surface area (TPSA) is 44.6 Å². The minimum atomic E-state index is 0.205. The van der Waals surface area contributed by atoms with Crippen LogP contribution in [0.5, 0.6) is 0 Å². The van der Waals surface area contributed by atoms with E-state index in [0.717, 1.165) is 45.7 Å². The molecule has 1 aromatic heterocycles. The number of piperidine rings is 1. The molecule has 2 fully saturated rings. The van der Waals surface area contributed by atoms with E-state index >= 15 is 0 Å². The lowest BCUT2D eigenvalue weighted by atomic mass is 10.0. The van der Waals surface area contributed by atoms with Crippen LogP contribution in [0.15, 0.2) is 43.0 Å². The molecule has 1 amide bonds. The van der Waals surface area contributed by atoms with Gasteiger partial charge in [-0.25, -0.2) is 4.98 Å². The van der Waals surface area contributed by atoms with Gasteiger partial charge in [0.25, 0.3) is 0 Å². The molecular formula is C21H29N5O. The summed E-state index contributed by atoms with van der Waals surface area (Å²) in [5.41, 5.74) is 2.71. The van der Waals surface area contributed by atoms with E-state index < -0.39 is 0 Å². The molecule has 0 spiro atoms. The molecule has 2 saturated heterocycles. The number of carbonyl (C=O) groups excluding carboxylic acids is 1. The molecule has 0 N–H and O–H groups in total. The third kappa shape index (κ3) is 4.16. The molecule has 1 atom stereocenters. The van der Waals surface area contributed by atoms with E-state index in [9.17, 15) is 4.79 Å². The van der Waals surface area contributed by atoms with Crippen molar-refractivity contribution >= 4 is 11.6 Å². The van der Waals surface area contributed by atoms with Gasteiger partial charge in [-0.15, -0.1) is 0 Å². The number of hydrogen-bond acceptors (Lipinski definition) is 4. The lowest BCUT2D eigenvalue weighted by molar-refractivity contribution is -0.134.